The topological polar surface area (TPSA) is 81.1 Å². The number of hydrogen-bond donors (Lipinski definition) is 3. The Kier molecular flexibility index (Phi) is 4.32. The monoisotopic (exact) mass is 285 g/mol. The van der Waals surface area contributed by atoms with Gasteiger partial charge in [-0.1, -0.05) is 22.9 Å². The van der Waals surface area contributed by atoms with E-state index in [0.717, 1.165) is 10.0 Å². The Morgan fingerprint density at radius 3 is 2.75 bits per heavy atom. The molecule has 0 unspecified atom stereocenters. The number of carbonyl (C=O) groups is 1. The van der Waals surface area contributed by atoms with Crippen LogP contribution in [0.4, 0.5) is 11.4 Å². The van der Waals surface area contributed by atoms with Gasteiger partial charge in [-0.3, -0.25) is 4.79 Å². The van der Waals surface area contributed by atoms with Gasteiger partial charge < -0.3 is 16.8 Å². The van der Waals surface area contributed by atoms with Crippen molar-refractivity contribution in [3.63, 3.8) is 0 Å². The van der Waals surface area contributed by atoms with E-state index >= 15 is 0 Å². The number of benzene rings is 1. The van der Waals surface area contributed by atoms with Crippen LogP contribution in [0.15, 0.2) is 16.6 Å². The van der Waals surface area contributed by atoms with Crippen molar-refractivity contribution in [1.29, 1.82) is 0 Å². The van der Waals surface area contributed by atoms with Crippen molar-refractivity contribution in [1.82, 2.24) is 0 Å². The molecule has 0 saturated heterocycles. The molecule has 88 valence electrons. The van der Waals surface area contributed by atoms with Gasteiger partial charge in [-0.2, -0.15) is 0 Å². The van der Waals surface area contributed by atoms with Crippen LogP contribution in [0, 0.1) is 6.92 Å². The Labute approximate surface area is 104 Å². The second-order valence-electron chi connectivity index (χ2n) is 3.69. The summed E-state index contributed by atoms with van der Waals surface area (Å²) >= 11 is 3.35. The summed E-state index contributed by atoms with van der Waals surface area (Å²) in [4.78, 5) is 11.6. The molecule has 0 aromatic heterocycles. The van der Waals surface area contributed by atoms with Gasteiger partial charge in [0, 0.05) is 4.47 Å². The summed E-state index contributed by atoms with van der Waals surface area (Å²) in [5.41, 5.74) is 13.6. The summed E-state index contributed by atoms with van der Waals surface area (Å²) in [5, 5.41) is 2.72. The third-order valence-electron chi connectivity index (χ3n) is 2.39. The van der Waals surface area contributed by atoms with E-state index in [9.17, 15) is 4.79 Å². The van der Waals surface area contributed by atoms with Gasteiger partial charge in [0.1, 0.15) is 0 Å². The molecule has 0 bridgehead atoms. The number of nitrogen functional groups attached to an aromatic ring is 1. The minimum absolute atomic E-state index is 0.216. The van der Waals surface area contributed by atoms with Gasteiger partial charge in [0.05, 0.1) is 17.4 Å². The average Bonchev–Trinajstić information content (AvgIpc) is 2.23. The molecular weight excluding hydrogens is 270 g/mol. The average molecular weight is 286 g/mol. The van der Waals surface area contributed by atoms with Crippen molar-refractivity contribution >= 4 is 33.2 Å². The molecule has 0 aliphatic rings. The van der Waals surface area contributed by atoms with Crippen LogP contribution in [0.2, 0.25) is 0 Å². The molecule has 1 aromatic carbocycles. The number of carbonyl (C=O) groups excluding carboxylic acids is 1. The summed E-state index contributed by atoms with van der Waals surface area (Å²) in [5.74, 6) is -0.216. The first-order chi connectivity index (χ1) is 7.45. The summed E-state index contributed by atoms with van der Waals surface area (Å²) in [6, 6.07) is 3.16. The SMILES string of the molecule is CC[C@H](N)C(=O)Nc1cc(Br)cc(C)c1N. The van der Waals surface area contributed by atoms with E-state index in [2.05, 4.69) is 21.2 Å². The van der Waals surface area contributed by atoms with Gasteiger partial charge in [-0.15, -0.1) is 0 Å². The second kappa shape index (κ2) is 5.32. The lowest BCUT2D eigenvalue weighted by Crippen LogP contribution is -2.35. The van der Waals surface area contributed by atoms with Gasteiger partial charge in [0.25, 0.3) is 0 Å². The Bertz CT molecular complexity index is 406. The zero-order valence-corrected chi connectivity index (χ0v) is 11.0. The first kappa shape index (κ1) is 13.0. The van der Waals surface area contributed by atoms with E-state index in [1.807, 2.05) is 19.9 Å². The highest BCUT2D eigenvalue weighted by molar-refractivity contribution is 9.10. The van der Waals surface area contributed by atoms with Gasteiger partial charge >= 0.3 is 0 Å². The van der Waals surface area contributed by atoms with Gasteiger partial charge in [0.2, 0.25) is 5.91 Å². The van der Waals surface area contributed by atoms with Crippen molar-refractivity contribution in [2.24, 2.45) is 5.73 Å². The fourth-order valence-electron chi connectivity index (χ4n) is 1.27. The minimum atomic E-state index is -0.501. The van der Waals surface area contributed by atoms with Crippen LogP contribution in [-0.4, -0.2) is 11.9 Å². The van der Waals surface area contributed by atoms with Crippen LogP contribution in [0.25, 0.3) is 0 Å². The van der Waals surface area contributed by atoms with Crippen molar-refractivity contribution in [2.45, 2.75) is 26.3 Å². The van der Waals surface area contributed by atoms with Crippen LogP contribution in [0.3, 0.4) is 0 Å². The van der Waals surface area contributed by atoms with Crippen molar-refractivity contribution in [3.8, 4) is 0 Å². The van der Waals surface area contributed by atoms with Gasteiger partial charge in [-0.25, -0.2) is 0 Å². The van der Waals surface area contributed by atoms with Gasteiger partial charge in [-0.05, 0) is 31.0 Å². The second-order valence-corrected chi connectivity index (χ2v) is 4.60. The molecule has 5 heteroatoms. The summed E-state index contributed by atoms with van der Waals surface area (Å²) in [6.45, 7) is 3.75. The Balaban J connectivity index is 2.93. The highest BCUT2D eigenvalue weighted by atomic mass is 79.9. The highest BCUT2D eigenvalue weighted by Crippen LogP contribution is 2.27. The molecule has 4 nitrogen and oxygen atoms in total. The molecule has 0 spiro atoms. The van der Waals surface area contributed by atoms with Crippen LogP contribution in [0.5, 0.6) is 0 Å². The lowest BCUT2D eigenvalue weighted by atomic mass is 10.1. The number of nitrogens with one attached hydrogen (secondary N) is 1. The summed E-state index contributed by atoms with van der Waals surface area (Å²) in [6.07, 6.45) is 0.596. The summed E-state index contributed by atoms with van der Waals surface area (Å²) in [7, 11) is 0. The number of anilines is 2. The molecule has 1 atom stereocenters. The molecule has 1 amide bonds. The molecule has 0 aliphatic heterocycles. The van der Waals surface area contributed by atoms with E-state index in [1.54, 1.807) is 6.07 Å². The van der Waals surface area contributed by atoms with Crippen molar-refractivity contribution in [3.05, 3.63) is 22.2 Å². The maximum atomic E-state index is 11.6. The maximum absolute atomic E-state index is 11.6. The van der Waals surface area contributed by atoms with E-state index in [0.29, 0.717) is 17.8 Å². The molecule has 0 aliphatic carbocycles. The number of nitrogens with two attached hydrogens (primary N) is 2. The van der Waals surface area contributed by atoms with Crippen LogP contribution < -0.4 is 16.8 Å². The summed E-state index contributed by atoms with van der Waals surface area (Å²) < 4.78 is 0.875. The van der Waals surface area contributed by atoms with E-state index in [4.69, 9.17) is 11.5 Å². The fourth-order valence-corrected chi connectivity index (χ4v) is 1.84. The maximum Gasteiger partial charge on any atom is 0.241 e. The lowest BCUT2D eigenvalue weighted by Gasteiger charge is -2.13. The zero-order valence-electron chi connectivity index (χ0n) is 9.38. The predicted molar refractivity (Wildman–Crippen MR) is 70.2 cm³/mol. The Morgan fingerprint density at radius 2 is 2.19 bits per heavy atom. The van der Waals surface area contributed by atoms with E-state index in [-0.39, 0.29) is 5.91 Å². The lowest BCUT2D eigenvalue weighted by molar-refractivity contribution is -0.117. The highest BCUT2D eigenvalue weighted by Gasteiger charge is 2.13. The quantitative estimate of drug-likeness (QED) is 0.743. The molecule has 0 heterocycles. The molecule has 1 rings (SSSR count). The fraction of sp³-hybridized carbons (Fsp3) is 0.364. The van der Waals surface area contributed by atoms with Crippen LogP contribution in [-0.2, 0) is 4.79 Å². The number of amides is 1. The van der Waals surface area contributed by atoms with E-state index in [1.165, 1.54) is 0 Å². The molecule has 5 N–H and O–H groups in total. The van der Waals surface area contributed by atoms with Crippen molar-refractivity contribution < 1.29 is 4.79 Å². The normalized spacial score (nSPS) is 12.2. The zero-order chi connectivity index (χ0) is 12.3. The molecular formula is C11H16BrN3O. The Hall–Kier alpha value is -1.07. The van der Waals surface area contributed by atoms with Crippen LogP contribution in [0.1, 0.15) is 18.9 Å². The first-order valence-electron chi connectivity index (χ1n) is 5.07. The van der Waals surface area contributed by atoms with Gasteiger partial charge in [0.15, 0.2) is 0 Å². The smallest absolute Gasteiger partial charge is 0.241 e. The minimum Gasteiger partial charge on any atom is -0.397 e. The molecule has 1 aromatic rings. The number of hydrogen-bond acceptors (Lipinski definition) is 3. The molecule has 16 heavy (non-hydrogen) atoms. The third-order valence-corrected chi connectivity index (χ3v) is 2.84. The Morgan fingerprint density at radius 1 is 1.56 bits per heavy atom. The molecule has 0 fully saturated rings. The first-order valence-corrected chi connectivity index (χ1v) is 5.87. The third kappa shape index (κ3) is 2.96. The number of halogens is 1. The molecule has 0 saturated carbocycles. The predicted octanol–water partition coefficient (Wildman–Crippen LogP) is 2.02. The number of rotatable bonds is 3. The number of aryl methyl sites for hydroxylation is 1. The molecule has 0 radical (unpaired) electrons. The standard InChI is InChI=1S/C11H16BrN3O/c1-3-8(13)11(16)15-9-5-7(12)4-6(2)10(9)14/h4-5,8H,3,13-14H2,1-2H3,(H,15,16)/t8-/m0/s1. The van der Waals surface area contributed by atoms with Crippen molar-refractivity contribution in [2.75, 3.05) is 11.1 Å². The van der Waals surface area contributed by atoms with E-state index < -0.39 is 6.04 Å². The van der Waals surface area contributed by atoms with Crippen LogP contribution >= 0.6 is 15.9 Å². The largest absolute Gasteiger partial charge is 0.397 e.